The highest BCUT2D eigenvalue weighted by Crippen LogP contribution is 2.38. The number of aliphatic hydroxyl groups excluding tert-OH is 1. The summed E-state index contributed by atoms with van der Waals surface area (Å²) in [7, 11) is 3.79. The average molecular weight is 200 g/mol. The third-order valence-corrected chi connectivity index (χ3v) is 3.16. The largest absolute Gasteiger partial charge is 0.389 e. The number of β-amino-alcohol motifs (C(OH)–C–C–N with tert-alkyl or cyclic N) is 1. The van der Waals surface area contributed by atoms with Crippen molar-refractivity contribution in [3.63, 3.8) is 0 Å². The van der Waals surface area contributed by atoms with Crippen molar-refractivity contribution in [3.05, 3.63) is 0 Å². The zero-order valence-electron chi connectivity index (χ0n) is 9.07. The van der Waals surface area contributed by atoms with Crippen LogP contribution < -0.4 is 0 Å². The van der Waals surface area contributed by atoms with Gasteiger partial charge in [0.25, 0.3) is 0 Å². The number of rotatable bonds is 4. The first kappa shape index (κ1) is 10.4. The van der Waals surface area contributed by atoms with Crippen LogP contribution in [0.15, 0.2) is 0 Å². The molecule has 0 radical (unpaired) electrons. The first-order valence-corrected chi connectivity index (χ1v) is 5.21. The molecule has 2 saturated heterocycles. The molecule has 1 N–H and O–H groups in total. The molecule has 1 atom stereocenters. The SMILES string of the molecule is COC[C@@H](O)CN1CC2(CN(C)C2)C1. The van der Waals surface area contributed by atoms with E-state index in [9.17, 15) is 5.11 Å². The number of aliphatic hydroxyl groups is 1. The lowest BCUT2D eigenvalue weighted by Gasteiger charge is -2.60. The molecular formula is C10H20N2O2. The van der Waals surface area contributed by atoms with Crippen LogP contribution in [0, 0.1) is 5.41 Å². The van der Waals surface area contributed by atoms with Crippen molar-refractivity contribution in [2.75, 3.05) is 53.5 Å². The summed E-state index contributed by atoms with van der Waals surface area (Å²) in [5.41, 5.74) is 0.571. The molecule has 2 fully saturated rings. The van der Waals surface area contributed by atoms with Gasteiger partial charge >= 0.3 is 0 Å². The van der Waals surface area contributed by atoms with Crippen molar-refractivity contribution in [3.8, 4) is 0 Å². The monoisotopic (exact) mass is 200 g/mol. The van der Waals surface area contributed by atoms with Gasteiger partial charge in [0.15, 0.2) is 0 Å². The maximum atomic E-state index is 9.52. The van der Waals surface area contributed by atoms with Gasteiger partial charge in [0.1, 0.15) is 0 Å². The van der Waals surface area contributed by atoms with Crippen LogP contribution in [-0.4, -0.2) is 74.5 Å². The van der Waals surface area contributed by atoms with Crippen molar-refractivity contribution in [2.45, 2.75) is 6.10 Å². The van der Waals surface area contributed by atoms with Gasteiger partial charge in [-0.2, -0.15) is 0 Å². The van der Waals surface area contributed by atoms with E-state index in [4.69, 9.17) is 4.74 Å². The van der Waals surface area contributed by atoms with Crippen LogP contribution in [0.5, 0.6) is 0 Å². The molecule has 2 aliphatic heterocycles. The zero-order chi connectivity index (χ0) is 10.2. The summed E-state index contributed by atoms with van der Waals surface area (Å²) in [4.78, 5) is 4.67. The topological polar surface area (TPSA) is 35.9 Å². The Kier molecular flexibility index (Phi) is 2.79. The number of ether oxygens (including phenoxy) is 1. The highest BCUT2D eigenvalue weighted by Gasteiger charge is 2.50. The van der Waals surface area contributed by atoms with Gasteiger partial charge in [-0.3, -0.25) is 4.90 Å². The van der Waals surface area contributed by atoms with Crippen LogP contribution >= 0.6 is 0 Å². The molecule has 0 aliphatic carbocycles. The van der Waals surface area contributed by atoms with Gasteiger partial charge in [0.2, 0.25) is 0 Å². The Morgan fingerprint density at radius 2 is 2.00 bits per heavy atom. The van der Waals surface area contributed by atoms with E-state index in [0.29, 0.717) is 12.0 Å². The summed E-state index contributed by atoms with van der Waals surface area (Å²) in [6.45, 7) is 5.96. The van der Waals surface area contributed by atoms with Crippen LogP contribution in [0.4, 0.5) is 0 Å². The molecule has 2 rings (SSSR count). The van der Waals surface area contributed by atoms with Crippen LogP contribution in [0.2, 0.25) is 0 Å². The summed E-state index contributed by atoms with van der Waals surface area (Å²) in [6, 6.07) is 0. The highest BCUT2D eigenvalue weighted by molar-refractivity contribution is 5.04. The van der Waals surface area contributed by atoms with Gasteiger partial charge in [-0.05, 0) is 7.05 Å². The molecule has 0 aromatic carbocycles. The fraction of sp³-hybridized carbons (Fsp3) is 1.00. The molecule has 2 heterocycles. The fourth-order valence-corrected chi connectivity index (χ4v) is 2.87. The van der Waals surface area contributed by atoms with Gasteiger partial charge in [0, 0.05) is 45.2 Å². The van der Waals surface area contributed by atoms with Crippen molar-refractivity contribution < 1.29 is 9.84 Å². The second-order valence-electron chi connectivity index (χ2n) is 4.95. The van der Waals surface area contributed by atoms with E-state index in [2.05, 4.69) is 16.8 Å². The molecule has 0 unspecified atom stereocenters. The maximum Gasteiger partial charge on any atom is 0.0900 e. The summed E-state index contributed by atoms with van der Waals surface area (Å²) in [5.74, 6) is 0. The third kappa shape index (κ3) is 1.93. The predicted octanol–water partition coefficient (Wildman–Crippen LogP) is -0.759. The summed E-state index contributed by atoms with van der Waals surface area (Å²) in [6.07, 6.45) is -0.324. The fourth-order valence-electron chi connectivity index (χ4n) is 2.87. The standard InChI is InChI=1S/C10H20N2O2/c1-11-5-10(6-11)7-12(8-10)3-9(13)4-14-2/h9,13H,3-8H2,1-2H3/t9-/m0/s1. The Bertz CT molecular complexity index is 194. The lowest BCUT2D eigenvalue weighted by atomic mass is 9.73. The van der Waals surface area contributed by atoms with Crippen LogP contribution in [0.1, 0.15) is 0 Å². The van der Waals surface area contributed by atoms with Crippen molar-refractivity contribution in [1.29, 1.82) is 0 Å². The number of methoxy groups -OCH3 is 1. The lowest BCUT2D eigenvalue weighted by molar-refractivity contribution is -0.118. The minimum atomic E-state index is -0.324. The number of hydrogen-bond acceptors (Lipinski definition) is 4. The average Bonchev–Trinajstić information content (AvgIpc) is 1.98. The minimum Gasteiger partial charge on any atom is -0.389 e. The van der Waals surface area contributed by atoms with Gasteiger partial charge in [-0.15, -0.1) is 0 Å². The van der Waals surface area contributed by atoms with Gasteiger partial charge in [0.05, 0.1) is 12.7 Å². The van der Waals surface area contributed by atoms with E-state index in [1.165, 1.54) is 13.1 Å². The summed E-state index contributed by atoms with van der Waals surface area (Å²) in [5, 5.41) is 9.52. The van der Waals surface area contributed by atoms with E-state index in [1.54, 1.807) is 7.11 Å². The molecule has 14 heavy (non-hydrogen) atoms. The van der Waals surface area contributed by atoms with Gasteiger partial charge < -0.3 is 14.7 Å². The Morgan fingerprint density at radius 1 is 1.36 bits per heavy atom. The normalized spacial score (nSPS) is 28.5. The van der Waals surface area contributed by atoms with E-state index in [0.717, 1.165) is 19.6 Å². The summed E-state index contributed by atoms with van der Waals surface area (Å²) < 4.78 is 4.90. The van der Waals surface area contributed by atoms with E-state index in [-0.39, 0.29) is 6.10 Å². The molecule has 0 saturated carbocycles. The van der Waals surface area contributed by atoms with Crippen LogP contribution in [0.3, 0.4) is 0 Å². The first-order valence-electron chi connectivity index (χ1n) is 5.21. The summed E-state index contributed by atoms with van der Waals surface area (Å²) >= 11 is 0. The van der Waals surface area contributed by atoms with Crippen molar-refractivity contribution >= 4 is 0 Å². The highest BCUT2D eigenvalue weighted by atomic mass is 16.5. The Hall–Kier alpha value is -0.160. The molecule has 4 heteroatoms. The zero-order valence-corrected chi connectivity index (χ0v) is 9.07. The molecule has 0 aromatic heterocycles. The smallest absolute Gasteiger partial charge is 0.0900 e. The van der Waals surface area contributed by atoms with Gasteiger partial charge in [-0.25, -0.2) is 0 Å². The maximum absolute atomic E-state index is 9.52. The first-order chi connectivity index (χ1) is 6.63. The molecule has 82 valence electrons. The number of likely N-dealkylation sites (tertiary alicyclic amines) is 2. The molecular weight excluding hydrogens is 180 g/mol. The van der Waals surface area contributed by atoms with Crippen LogP contribution in [-0.2, 0) is 4.74 Å². The Balaban J connectivity index is 1.63. The molecule has 0 amide bonds. The number of nitrogens with zero attached hydrogens (tertiary/aromatic N) is 2. The second-order valence-corrected chi connectivity index (χ2v) is 4.95. The quantitative estimate of drug-likeness (QED) is 0.647. The van der Waals surface area contributed by atoms with Gasteiger partial charge in [-0.1, -0.05) is 0 Å². The van der Waals surface area contributed by atoms with E-state index in [1.807, 2.05) is 0 Å². The lowest BCUT2D eigenvalue weighted by Crippen LogP contribution is -2.71. The predicted molar refractivity (Wildman–Crippen MR) is 54.3 cm³/mol. The Morgan fingerprint density at radius 3 is 2.50 bits per heavy atom. The van der Waals surface area contributed by atoms with Crippen LogP contribution in [0.25, 0.3) is 0 Å². The molecule has 1 spiro atoms. The van der Waals surface area contributed by atoms with E-state index >= 15 is 0 Å². The molecule has 2 aliphatic rings. The second kappa shape index (κ2) is 3.77. The molecule has 4 nitrogen and oxygen atoms in total. The molecule has 0 aromatic rings. The van der Waals surface area contributed by atoms with Crippen molar-refractivity contribution in [1.82, 2.24) is 9.80 Å². The third-order valence-electron chi connectivity index (χ3n) is 3.16. The minimum absolute atomic E-state index is 0.324. The van der Waals surface area contributed by atoms with Crippen molar-refractivity contribution in [2.24, 2.45) is 5.41 Å². The van der Waals surface area contributed by atoms with E-state index < -0.39 is 0 Å². The number of hydrogen-bond donors (Lipinski definition) is 1. The Labute approximate surface area is 85.4 Å². The molecule has 0 bridgehead atoms.